The molecule has 0 bridgehead atoms. The maximum Gasteiger partial charge on any atom is 0.283 e. The van der Waals surface area contributed by atoms with Crippen LogP contribution in [-0.4, -0.2) is 22.8 Å². The molecule has 1 N–H and O–H groups in total. The van der Waals surface area contributed by atoms with E-state index in [2.05, 4.69) is 5.32 Å². The summed E-state index contributed by atoms with van der Waals surface area (Å²) in [4.78, 5) is 22.1. The van der Waals surface area contributed by atoms with Crippen LogP contribution in [0.5, 0.6) is 0 Å². The van der Waals surface area contributed by atoms with Gasteiger partial charge in [-0.1, -0.05) is 17.7 Å². The highest BCUT2D eigenvalue weighted by atomic mass is 35.5. The molecule has 1 aromatic carbocycles. The third kappa shape index (κ3) is 4.69. The summed E-state index contributed by atoms with van der Waals surface area (Å²) in [6.45, 7) is 2.26. The lowest BCUT2D eigenvalue weighted by molar-refractivity contribution is -0.385. The zero-order valence-corrected chi connectivity index (χ0v) is 11.9. The largest absolute Gasteiger partial charge is 0.352 e. The fraction of sp³-hybridized carbons (Fsp3) is 0.417. The molecule has 0 saturated carbocycles. The van der Waals surface area contributed by atoms with Crippen molar-refractivity contribution < 1.29 is 9.72 Å². The van der Waals surface area contributed by atoms with Gasteiger partial charge in [0.05, 0.1) is 9.95 Å². The number of hydrogen-bond donors (Lipinski definition) is 1. The van der Waals surface area contributed by atoms with Gasteiger partial charge in [-0.15, -0.1) is 11.6 Å². The van der Waals surface area contributed by atoms with Crippen molar-refractivity contribution in [1.82, 2.24) is 5.32 Å². The minimum Gasteiger partial charge on any atom is -0.352 e. The second kappa shape index (κ2) is 7.31. The zero-order valence-electron chi connectivity index (χ0n) is 10.4. The molecule has 0 saturated heterocycles. The van der Waals surface area contributed by atoms with Crippen LogP contribution in [0.25, 0.3) is 0 Å². The number of nitrogens with zero attached hydrogens (tertiary/aromatic N) is 1. The van der Waals surface area contributed by atoms with Crippen molar-refractivity contribution >= 4 is 34.8 Å². The van der Waals surface area contributed by atoms with Crippen molar-refractivity contribution in [2.75, 3.05) is 6.54 Å². The standard InChI is InChI=1S/C12H14Cl2N2O3/c1-8(13)4-3-7-15-12(17)11-9(14)5-2-6-10(11)16(18)19/h2,5-6,8H,3-4,7H2,1H3,(H,15,17). The Morgan fingerprint density at radius 2 is 2.21 bits per heavy atom. The average Bonchev–Trinajstić information content (AvgIpc) is 2.33. The van der Waals surface area contributed by atoms with Crippen LogP contribution in [0.15, 0.2) is 18.2 Å². The highest BCUT2D eigenvalue weighted by Crippen LogP contribution is 2.25. The molecule has 5 nitrogen and oxygen atoms in total. The lowest BCUT2D eigenvalue weighted by atomic mass is 10.1. The molecule has 0 aliphatic rings. The zero-order chi connectivity index (χ0) is 14.4. The van der Waals surface area contributed by atoms with Crippen molar-refractivity contribution in [3.63, 3.8) is 0 Å². The summed E-state index contributed by atoms with van der Waals surface area (Å²) in [5.41, 5.74) is -0.399. The Bertz CT molecular complexity index is 478. The van der Waals surface area contributed by atoms with E-state index in [0.29, 0.717) is 13.0 Å². The Kier molecular flexibility index (Phi) is 6.05. The highest BCUT2D eigenvalue weighted by molar-refractivity contribution is 6.34. The van der Waals surface area contributed by atoms with Crippen LogP contribution in [0.4, 0.5) is 5.69 Å². The Morgan fingerprint density at radius 3 is 2.79 bits per heavy atom. The van der Waals surface area contributed by atoms with Crippen LogP contribution in [0.3, 0.4) is 0 Å². The van der Waals surface area contributed by atoms with Crippen LogP contribution < -0.4 is 5.32 Å². The molecular weight excluding hydrogens is 291 g/mol. The fourth-order valence-corrected chi connectivity index (χ4v) is 1.97. The van der Waals surface area contributed by atoms with Gasteiger partial charge in [0, 0.05) is 18.0 Å². The number of nitrogens with one attached hydrogen (secondary N) is 1. The summed E-state index contributed by atoms with van der Waals surface area (Å²) in [6.07, 6.45) is 1.46. The van der Waals surface area contributed by atoms with E-state index in [4.69, 9.17) is 23.2 Å². The first-order chi connectivity index (χ1) is 8.93. The van der Waals surface area contributed by atoms with Gasteiger partial charge in [-0.2, -0.15) is 0 Å². The van der Waals surface area contributed by atoms with Crippen LogP contribution in [0.1, 0.15) is 30.1 Å². The first-order valence-electron chi connectivity index (χ1n) is 5.78. The van der Waals surface area contributed by atoms with E-state index < -0.39 is 10.8 Å². The molecule has 0 aliphatic heterocycles. The van der Waals surface area contributed by atoms with Crippen LogP contribution in [0.2, 0.25) is 5.02 Å². The predicted molar refractivity (Wildman–Crippen MR) is 75.0 cm³/mol. The van der Waals surface area contributed by atoms with Crippen molar-refractivity contribution in [1.29, 1.82) is 0 Å². The third-order valence-electron chi connectivity index (χ3n) is 2.48. The molecule has 0 fully saturated rings. The van der Waals surface area contributed by atoms with Gasteiger partial charge in [0.1, 0.15) is 5.56 Å². The van der Waals surface area contributed by atoms with E-state index in [1.165, 1.54) is 18.2 Å². The summed E-state index contributed by atoms with van der Waals surface area (Å²) >= 11 is 11.6. The average molecular weight is 305 g/mol. The number of carbonyl (C=O) groups is 1. The molecule has 0 aliphatic carbocycles. The molecule has 1 rings (SSSR count). The van der Waals surface area contributed by atoms with Gasteiger partial charge in [0.2, 0.25) is 0 Å². The molecule has 1 atom stereocenters. The first kappa shape index (κ1) is 15.7. The van der Waals surface area contributed by atoms with E-state index in [0.717, 1.165) is 6.42 Å². The molecule has 19 heavy (non-hydrogen) atoms. The predicted octanol–water partition coefficient (Wildman–Crippen LogP) is 3.39. The van der Waals surface area contributed by atoms with E-state index in [1.54, 1.807) is 0 Å². The van der Waals surface area contributed by atoms with Gasteiger partial charge in [0.15, 0.2) is 0 Å². The lowest BCUT2D eigenvalue weighted by Crippen LogP contribution is -2.26. The summed E-state index contributed by atoms with van der Waals surface area (Å²) in [6, 6.07) is 4.14. The number of benzene rings is 1. The fourth-order valence-electron chi connectivity index (χ4n) is 1.56. The van der Waals surface area contributed by atoms with Crippen LogP contribution >= 0.6 is 23.2 Å². The van der Waals surface area contributed by atoms with Gasteiger partial charge in [-0.05, 0) is 25.8 Å². The second-order valence-electron chi connectivity index (χ2n) is 4.07. The van der Waals surface area contributed by atoms with E-state index in [9.17, 15) is 14.9 Å². The summed E-state index contributed by atoms with van der Waals surface area (Å²) in [5.74, 6) is -0.542. The molecule has 1 amide bonds. The molecule has 1 aromatic rings. The number of halogens is 2. The SMILES string of the molecule is CC(Cl)CCCNC(=O)c1c(Cl)cccc1[N+](=O)[O-]. The normalized spacial score (nSPS) is 11.9. The van der Waals surface area contributed by atoms with Crippen LogP contribution in [0, 0.1) is 10.1 Å². The number of rotatable bonds is 6. The molecule has 104 valence electrons. The monoisotopic (exact) mass is 304 g/mol. The van der Waals surface area contributed by atoms with Crippen molar-refractivity contribution in [2.24, 2.45) is 0 Å². The molecule has 7 heteroatoms. The minimum absolute atomic E-state index is 0.0338. The quantitative estimate of drug-likeness (QED) is 0.379. The Balaban J connectivity index is 2.74. The minimum atomic E-state index is -0.623. The maximum atomic E-state index is 11.9. The second-order valence-corrected chi connectivity index (χ2v) is 5.22. The van der Waals surface area contributed by atoms with Crippen molar-refractivity contribution in [3.8, 4) is 0 Å². The third-order valence-corrected chi connectivity index (χ3v) is 3.01. The highest BCUT2D eigenvalue weighted by Gasteiger charge is 2.22. The number of hydrogen-bond acceptors (Lipinski definition) is 3. The molecule has 0 radical (unpaired) electrons. The maximum absolute atomic E-state index is 11.9. The van der Waals surface area contributed by atoms with Gasteiger partial charge < -0.3 is 5.32 Å². The Morgan fingerprint density at radius 1 is 1.53 bits per heavy atom. The smallest absolute Gasteiger partial charge is 0.283 e. The number of amides is 1. The van der Waals surface area contributed by atoms with E-state index in [1.807, 2.05) is 6.92 Å². The Hall–Kier alpha value is -1.33. The molecule has 0 heterocycles. The molecule has 1 unspecified atom stereocenters. The summed E-state index contributed by atoms with van der Waals surface area (Å²) in [5, 5.41) is 13.6. The van der Waals surface area contributed by atoms with Gasteiger partial charge in [-0.3, -0.25) is 14.9 Å². The van der Waals surface area contributed by atoms with Crippen molar-refractivity contribution in [3.05, 3.63) is 38.9 Å². The van der Waals surface area contributed by atoms with Crippen molar-refractivity contribution in [2.45, 2.75) is 25.1 Å². The van der Waals surface area contributed by atoms with Gasteiger partial charge >= 0.3 is 0 Å². The van der Waals surface area contributed by atoms with Gasteiger partial charge in [-0.25, -0.2) is 0 Å². The number of nitro groups is 1. The molecular formula is C12H14Cl2N2O3. The number of nitro benzene ring substituents is 1. The van der Waals surface area contributed by atoms with E-state index in [-0.39, 0.29) is 21.7 Å². The van der Waals surface area contributed by atoms with Gasteiger partial charge in [0.25, 0.3) is 11.6 Å². The molecule has 0 spiro atoms. The lowest BCUT2D eigenvalue weighted by Gasteiger charge is -2.07. The Labute approximate surface area is 121 Å². The topological polar surface area (TPSA) is 72.2 Å². The number of alkyl halides is 1. The summed E-state index contributed by atoms with van der Waals surface area (Å²) < 4.78 is 0. The number of carbonyl (C=O) groups excluding carboxylic acids is 1. The first-order valence-corrected chi connectivity index (χ1v) is 6.60. The van der Waals surface area contributed by atoms with Crippen LogP contribution in [-0.2, 0) is 0 Å². The summed E-state index contributed by atoms with van der Waals surface area (Å²) in [7, 11) is 0. The molecule has 0 aromatic heterocycles. The van der Waals surface area contributed by atoms with E-state index >= 15 is 0 Å².